The van der Waals surface area contributed by atoms with Gasteiger partial charge in [-0.05, 0) is 36.4 Å². The number of rotatable bonds is 6. The third-order valence-electron chi connectivity index (χ3n) is 3.49. The number of carbonyl (C=O) groups is 2. The number of carbonyl (C=O) groups excluding carboxylic acids is 2. The average molecular weight is 353 g/mol. The fourth-order valence-electron chi connectivity index (χ4n) is 2.07. The van der Waals surface area contributed by atoms with Crippen molar-refractivity contribution < 1.29 is 14.5 Å². The topological polar surface area (TPSA) is 101 Å². The molecule has 0 atom stereocenters. The van der Waals surface area contributed by atoms with Gasteiger partial charge >= 0.3 is 0 Å². The summed E-state index contributed by atoms with van der Waals surface area (Å²) in [4.78, 5) is 34.1. The number of nitrogens with zero attached hydrogens (tertiary/aromatic N) is 1. The van der Waals surface area contributed by atoms with E-state index in [9.17, 15) is 19.7 Å². The SMILES string of the molecule is CC(C)C(=O)Nc1ccc(NC(=O)/C=C/c2ccccc2[N+](=O)[O-])cc1. The molecule has 0 aliphatic rings. The number of benzene rings is 2. The second-order valence-corrected chi connectivity index (χ2v) is 5.86. The fourth-order valence-corrected chi connectivity index (χ4v) is 2.07. The van der Waals surface area contributed by atoms with E-state index >= 15 is 0 Å². The van der Waals surface area contributed by atoms with Gasteiger partial charge in [-0.2, -0.15) is 0 Å². The lowest BCUT2D eigenvalue weighted by Crippen LogP contribution is -2.17. The Morgan fingerprint density at radius 1 is 1.00 bits per heavy atom. The molecule has 2 rings (SSSR count). The predicted octanol–water partition coefficient (Wildman–Crippen LogP) is 3.84. The van der Waals surface area contributed by atoms with E-state index in [2.05, 4.69) is 10.6 Å². The molecule has 0 aromatic heterocycles. The molecule has 0 unspecified atom stereocenters. The zero-order valence-electron chi connectivity index (χ0n) is 14.4. The van der Waals surface area contributed by atoms with Gasteiger partial charge in [0.05, 0.1) is 10.5 Å². The molecule has 0 aliphatic heterocycles. The molecule has 7 nitrogen and oxygen atoms in total. The molecule has 26 heavy (non-hydrogen) atoms. The summed E-state index contributed by atoms with van der Waals surface area (Å²) in [6, 6.07) is 12.8. The smallest absolute Gasteiger partial charge is 0.276 e. The highest BCUT2D eigenvalue weighted by Crippen LogP contribution is 2.19. The first-order valence-corrected chi connectivity index (χ1v) is 8.00. The second kappa shape index (κ2) is 8.57. The van der Waals surface area contributed by atoms with Crippen molar-refractivity contribution in [3.05, 3.63) is 70.3 Å². The molecule has 0 saturated carbocycles. The van der Waals surface area contributed by atoms with Crippen molar-refractivity contribution in [2.45, 2.75) is 13.8 Å². The van der Waals surface area contributed by atoms with Crippen LogP contribution in [-0.4, -0.2) is 16.7 Å². The lowest BCUT2D eigenvalue weighted by Gasteiger charge is -2.08. The lowest BCUT2D eigenvalue weighted by atomic mass is 10.1. The Hall–Kier alpha value is -3.48. The van der Waals surface area contributed by atoms with Gasteiger partial charge in [-0.1, -0.05) is 26.0 Å². The quantitative estimate of drug-likeness (QED) is 0.468. The van der Waals surface area contributed by atoms with Crippen LogP contribution in [0.5, 0.6) is 0 Å². The summed E-state index contributed by atoms with van der Waals surface area (Å²) in [5.41, 5.74) is 1.46. The molecule has 0 spiro atoms. The minimum atomic E-state index is -0.498. The lowest BCUT2D eigenvalue weighted by molar-refractivity contribution is -0.385. The molecular weight excluding hydrogens is 334 g/mol. The summed E-state index contributed by atoms with van der Waals surface area (Å²) in [7, 11) is 0. The Bertz CT molecular complexity index is 842. The standard InChI is InChI=1S/C19H19N3O4/c1-13(2)19(24)21-16-10-8-15(9-11-16)20-18(23)12-7-14-5-3-4-6-17(14)22(25)26/h3-13H,1-2H3,(H,20,23)(H,21,24)/b12-7+. The third-order valence-corrected chi connectivity index (χ3v) is 3.49. The fraction of sp³-hybridized carbons (Fsp3) is 0.158. The van der Waals surface area contributed by atoms with Crippen molar-refractivity contribution >= 4 is 35.0 Å². The first kappa shape index (κ1) is 18.9. The summed E-state index contributed by atoms with van der Waals surface area (Å²) in [5.74, 6) is -0.627. The van der Waals surface area contributed by atoms with Gasteiger partial charge in [0.1, 0.15) is 0 Å². The molecule has 7 heteroatoms. The zero-order chi connectivity index (χ0) is 19.1. The van der Waals surface area contributed by atoms with Crippen molar-refractivity contribution in [3.63, 3.8) is 0 Å². The molecule has 0 fully saturated rings. The molecule has 134 valence electrons. The van der Waals surface area contributed by atoms with Crippen molar-refractivity contribution in [1.82, 2.24) is 0 Å². The van der Waals surface area contributed by atoms with E-state index in [1.807, 2.05) is 0 Å². The normalized spacial score (nSPS) is 10.7. The summed E-state index contributed by atoms with van der Waals surface area (Å²) in [5, 5.41) is 16.4. The van der Waals surface area contributed by atoms with Crippen molar-refractivity contribution in [3.8, 4) is 0 Å². The summed E-state index contributed by atoms with van der Waals surface area (Å²) < 4.78 is 0. The second-order valence-electron chi connectivity index (χ2n) is 5.86. The Morgan fingerprint density at radius 3 is 2.15 bits per heavy atom. The van der Waals surface area contributed by atoms with Gasteiger partial charge in [0.2, 0.25) is 11.8 Å². The largest absolute Gasteiger partial charge is 0.326 e. The van der Waals surface area contributed by atoms with Crippen LogP contribution in [0.3, 0.4) is 0 Å². The van der Waals surface area contributed by atoms with Crippen molar-refractivity contribution in [2.24, 2.45) is 5.92 Å². The molecule has 0 aliphatic carbocycles. The highest BCUT2D eigenvalue weighted by Gasteiger charge is 2.10. The van der Waals surface area contributed by atoms with Crippen LogP contribution in [0.4, 0.5) is 17.1 Å². The van der Waals surface area contributed by atoms with Gasteiger partial charge < -0.3 is 10.6 Å². The van der Waals surface area contributed by atoms with E-state index in [1.165, 1.54) is 18.2 Å². The number of anilines is 2. The van der Waals surface area contributed by atoms with Gasteiger partial charge in [-0.3, -0.25) is 19.7 Å². The zero-order valence-corrected chi connectivity index (χ0v) is 14.4. The van der Waals surface area contributed by atoms with E-state index in [0.29, 0.717) is 16.9 Å². The van der Waals surface area contributed by atoms with E-state index in [4.69, 9.17) is 0 Å². The Morgan fingerprint density at radius 2 is 1.58 bits per heavy atom. The molecule has 2 aromatic rings. The predicted molar refractivity (Wildman–Crippen MR) is 101 cm³/mol. The molecule has 0 radical (unpaired) electrons. The van der Waals surface area contributed by atoms with Crippen LogP contribution in [-0.2, 0) is 9.59 Å². The third kappa shape index (κ3) is 5.27. The minimum Gasteiger partial charge on any atom is -0.326 e. The number of para-hydroxylation sites is 1. The molecule has 2 N–H and O–H groups in total. The summed E-state index contributed by atoms with van der Waals surface area (Å²) in [6.07, 6.45) is 2.63. The first-order valence-electron chi connectivity index (χ1n) is 8.00. The summed E-state index contributed by atoms with van der Waals surface area (Å²) in [6.45, 7) is 3.60. The number of hydrogen-bond acceptors (Lipinski definition) is 4. The van der Waals surface area contributed by atoms with Crippen LogP contribution in [0.2, 0.25) is 0 Å². The van der Waals surface area contributed by atoms with Gasteiger partial charge in [0.25, 0.3) is 5.69 Å². The van der Waals surface area contributed by atoms with Gasteiger partial charge in [-0.15, -0.1) is 0 Å². The van der Waals surface area contributed by atoms with Crippen LogP contribution in [0.25, 0.3) is 6.08 Å². The van der Waals surface area contributed by atoms with Gasteiger partial charge in [0.15, 0.2) is 0 Å². The molecule has 0 bridgehead atoms. The van der Waals surface area contributed by atoms with Crippen LogP contribution >= 0.6 is 0 Å². The minimum absolute atomic E-state index is 0.0678. The van der Waals surface area contributed by atoms with Gasteiger partial charge in [0, 0.05) is 29.4 Å². The first-order chi connectivity index (χ1) is 12.4. The van der Waals surface area contributed by atoms with Gasteiger partial charge in [-0.25, -0.2) is 0 Å². The van der Waals surface area contributed by atoms with E-state index in [1.54, 1.807) is 56.3 Å². The molecular formula is C19H19N3O4. The van der Waals surface area contributed by atoms with E-state index in [-0.39, 0.29) is 17.5 Å². The van der Waals surface area contributed by atoms with Crippen molar-refractivity contribution in [2.75, 3.05) is 10.6 Å². The van der Waals surface area contributed by atoms with Crippen LogP contribution in [0.15, 0.2) is 54.6 Å². The Kier molecular flexibility index (Phi) is 6.21. The van der Waals surface area contributed by atoms with Crippen LogP contribution in [0, 0.1) is 16.0 Å². The average Bonchev–Trinajstić information content (AvgIpc) is 2.61. The van der Waals surface area contributed by atoms with Crippen molar-refractivity contribution in [1.29, 1.82) is 0 Å². The van der Waals surface area contributed by atoms with E-state index < -0.39 is 10.8 Å². The van der Waals surface area contributed by atoms with Crippen LogP contribution < -0.4 is 10.6 Å². The number of nitrogens with one attached hydrogen (secondary N) is 2. The molecule has 0 heterocycles. The Balaban J connectivity index is 2.00. The highest BCUT2D eigenvalue weighted by atomic mass is 16.6. The number of nitro benzene ring substituents is 1. The number of amides is 2. The number of nitro groups is 1. The van der Waals surface area contributed by atoms with Crippen LogP contribution in [0.1, 0.15) is 19.4 Å². The number of hydrogen-bond donors (Lipinski definition) is 2. The summed E-state index contributed by atoms with van der Waals surface area (Å²) >= 11 is 0. The molecule has 2 aromatic carbocycles. The maximum atomic E-state index is 12.0. The maximum absolute atomic E-state index is 12.0. The highest BCUT2D eigenvalue weighted by molar-refractivity contribution is 6.02. The molecule has 0 saturated heterocycles. The molecule has 2 amide bonds. The monoisotopic (exact) mass is 353 g/mol. The maximum Gasteiger partial charge on any atom is 0.276 e. The Labute approximate surface area is 150 Å². The van der Waals surface area contributed by atoms with E-state index in [0.717, 1.165) is 0 Å².